The fourth-order valence-electron chi connectivity index (χ4n) is 1.87. The van der Waals surface area contributed by atoms with Crippen LogP contribution in [-0.4, -0.2) is 44.8 Å². The Balaban J connectivity index is 2.15. The fourth-order valence-corrected chi connectivity index (χ4v) is 1.87. The minimum absolute atomic E-state index is 0.241. The van der Waals surface area contributed by atoms with Crippen LogP contribution in [0.1, 0.15) is 28.9 Å². The highest BCUT2D eigenvalue weighted by molar-refractivity contribution is 5.96. The summed E-state index contributed by atoms with van der Waals surface area (Å²) in [6.07, 6.45) is 3.66. The van der Waals surface area contributed by atoms with Crippen LogP contribution in [0.4, 0.5) is 0 Å². The highest BCUT2D eigenvalue weighted by Gasteiger charge is 2.29. The van der Waals surface area contributed by atoms with Crippen LogP contribution in [-0.2, 0) is 11.8 Å². The SMILES string of the molecule is Cc1c(C(=O)N(CC(=O)O)CC2CC2)cnn1C. The van der Waals surface area contributed by atoms with E-state index in [4.69, 9.17) is 5.11 Å². The molecule has 6 heteroatoms. The molecule has 1 heterocycles. The zero-order valence-electron chi connectivity index (χ0n) is 10.6. The standard InChI is InChI=1S/C12H17N3O3/c1-8-10(5-13-14(8)2)12(18)15(7-11(16)17)6-9-3-4-9/h5,9H,3-4,6-7H2,1-2H3,(H,16,17). The van der Waals surface area contributed by atoms with Gasteiger partial charge in [0, 0.05) is 19.3 Å². The Kier molecular flexibility index (Phi) is 3.36. The first-order valence-electron chi connectivity index (χ1n) is 5.98. The second kappa shape index (κ2) is 4.80. The molecule has 0 aliphatic heterocycles. The number of amides is 1. The molecule has 1 fully saturated rings. The van der Waals surface area contributed by atoms with E-state index in [-0.39, 0.29) is 12.5 Å². The molecule has 98 valence electrons. The minimum atomic E-state index is -0.981. The van der Waals surface area contributed by atoms with Crippen molar-refractivity contribution in [3.63, 3.8) is 0 Å². The smallest absolute Gasteiger partial charge is 0.323 e. The van der Waals surface area contributed by atoms with E-state index in [0.29, 0.717) is 18.0 Å². The number of carboxylic acid groups (broad SMARTS) is 1. The number of hydrogen-bond donors (Lipinski definition) is 1. The molecular formula is C12H17N3O3. The van der Waals surface area contributed by atoms with Crippen molar-refractivity contribution in [2.75, 3.05) is 13.1 Å². The van der Waals surface area contributed by atoms with Crippen LogP contribution in [0.3, 0.4) is 0 Å². The largest absolute Gasteiger partial charge is 0.480 e. The first-order chi connectivity index (χ1) is 8.49. The number of nitrogens with zero attached hydrogens (tertiary/aromatic N) is 3. The van der Waals surface area contributed by atoms with Crippen molar-refractivity contribution >= 4 is 11.9 Å². The summed E-state index contributed by atoms with van der Waals surface area (Å²) < 4.78 is 1.61. The van der Waals surface area contributed by atoms with Crippen LogP contribution in [0, 0.1) is 12.8 Å². The van der Waals surface area contributed by atoms with Gasteiger partial charge in [-0.25, -0.2) is 0 Å². The Bertz CT molecular complexity index is 477. The van der Waals surface area contributed by atoms with Gasteiger partial charge in [-0.15, -0.1) is 0 Å². The lowest BCUT2D eigenvalue weighted by Crippen LogP contribution is -2.37. The molecule has 1 aliphatic carbocycles. The van der Waals surface area contributed by atoms with E-state index in [1.807, 2.05) is 0 Å². The summed E-state index contributed by atoms with van der Waals surface area (Å²) >= 11 is 0. The number of aliphatic carboxylic acids is 1. The van der Waals surface area contributed by atoms with Crippen LogP contribution in [0.25, 0.3) is 0 Å². The monoisotopic (exact) mass is 251 g/mol. The molecule has 0 saturated heterocycles. The van der Waals surface area contributed by atoms with E-state index in [1.54, 1.807) is 18.7 Å². The lowest BCUT2D eigenvalue weighted by Gasteiger charge is -2.20. The third-order valence-electron chi connectivity index (χ3n) is 3.25. The molecule has 0 spiro atoms. The minimum Gasteiger partial charge on any atom is -0.480 e. The molecule has 18 heavy (non-hydrogen) atoms. The van der Waals surface area contributed by atoms with E-state index in [9.17, 15) is 9.59 Å². The quantitative estimate of drug-likeness (QED) is 0.834. The van der Waals surface area contributed by atoms with E-state index < -0.39 is 5.97 Å². The van der Waals surface area contributed by atoms with Gasteiger partial charge in [0.15, 0.2) is 0 Å². The number of carboxylic acids is 1. The number of hydrogen-bond acceptors (Lipinski definition) is 3. The van der Waals surface area contributed by atoms with Crippen molar-refractivity contribution < 1.29 is 14.7 Å². The number of rotatable bonds is 5. The third kappa shape index (κ3) is 2.69. The molecule has 1 aliphatic rings. The second-order valence-corrected chi connectivity index (χ2v) is 4.79. The molecule has 1 saturated carbocycles. The topological polar surface area (TPSA) is 75.4 Å². The summed E-state index contributed by atoms with van der Waals surface area (Å²) in [6.45, 7) is 2.08. The highest BCUT2D eigenvalue weighted by atomic mass is 16.4. The lowest BCUT2D eigenvalue weighted by atomic mass is 10.2. The van der Waals surface area contributed by atoms with E-state index in [1.165, 1.54) is 11.1 Å². The summed E-state index contributed by atoms with van der Waals surface area (Å²) in [4.78, 5) is 24.5. The van der Waals surface area contributed by atoms with Crippen molar-refractivity contribution in [2.45, 2.75) is 19.8 Å². The first kappa shape index (κ1) is 12.6. The van der Waals surface area contributed by atoms with Crippen LogP contribution in [0.2, 0.25) is 0 Å². The maximum absolute atomic E-state index is 12.3. The predicted octanol–water partition coefficient (Wildman–Crippen LogP) is 0.665. The van der Waals surface area contributed by atoms with Gasteiger partial charge in [0.2, 0.25) is 0 Å². The maximum atomic E-state index is 12.3. The maximum Gasteiger partial charge on any atom is 0.323 e. The molecule has 1 N–H and O–H groups in total. The fraction of sp³-hybridized carbons (Fsp3) is 0.583. The Morgan fingerprint density at radius 3 is 2.67 bits per heavy atom. The van der Waals surface area contributed by atoms with E-state index in [0.717, 1.165) is 18.5 Å². The summed E-state index contributed by atoms with van der Waals surface area (Å²) in [5.41, 5.74) is 1.24. The molecule has 2 rings (SSSR count). The van der Waals surface area contributed by atoms with Crippen molar-refractivity contribution in [2.24, 2.45) is 13.0 Å². The normalized spacial score (nSPS) is 14.6. The van der Waals surface area contributed by atoms with Crippen molar-refractivity contribution in [1.82, 2.24) is 14.7 Å². The van der Waals surface area contributed by atoms with E-state index in [2.05, 4.69) is 5.10 Å². The van der Waals surface area contributed by atoms with Crippen LogP contribution in [0.5, 0.6) is 0 Å². The molecular weight excluding hydrogens is 234 g/mol. The van der Waals surface area contributed by atoms with Crippen LogP contribution < -0.4 is 0 Å². The lowest BCUT2D eigenvalue weighted by molar-refractivity contribution is -0.137. The molecule has 1 amide bonds. The average Bonchev–Trinajstić information content (AvgIpc) is 3.05. The van der Waals surface area contributed by atoms with Crippen molar-refractivity contribution in [3.8, 4) is 0 Å². The van der Waals surface area contributed by atoms with Gasteiger partial charge in [-0.2, -0.15) is 5.10 Å². The number of carbonyl (C=O) groups excluding carboxylic acids is 1. The molecule has 0 radical (unpaired) electrons. The van der Waals surface area contributed by atoms with Gasteiger partial charge in [-0.3, -0.25) is 14.3 Å². The number of carbonyl (C=O) groups is 2. The molecule has 0 bridgehead atoms. The Hall–Kier alpha value is -1.85. The van der Waals surface area contributed by atoms with Gasteiger partial charge in [0.1, 0.15) is 6.54 Å². The van der Waals surface area contributed by atoms with Crippen molar-refractivity contribution in [1.29, 1.82) is 0 Å². The van der Waals surface area contributed by atoms with Gasteiger partial charge < -0.3 is 10.0 Å². The van der Waals surface area contributed by atoms with Gasteiger partial charge in [0.05, 0.1) is 11.8 Å². The molecule has 0 aromatic carbocycles. The summed E-state index contributed by atoms with van der Waals surface area (Å²) in [6, 6.07) is 0. The van der Waals surface area contributed by atoms with Gasteiger partial charge >= 0.3 is 5.97 Å². The Morgan fingerprint density at radius 2 is 2.22 bits per heavy atom. The molecule has 1 aromatic rings. The molecule has 0 atom stereocenters. The molecule has 6 nitrogen and oxygen atoms in total. The molecule has 0 unspecified atom stereocenters. The number of aromatic nitrogens is 2. The van der Waals surface area contributed by atoms with Crippen LogP contribution >= 0.6 is 0 Å². The molecule has 1 aromatic heterocycles. The Labute approximate surface area is 105 Å². The number of aryl methyl sites for hydroxylation is 1. The average molecular weight is 251 g/mol. The Morgan fingerprint density at radius 1 is 1.56 bits per heavy atom. The third-order valence-corrected chi connectivity index (χ3v) is 3.25. The zero-order valence-corrected chi connectivity index (χ0v) is 10.6. The predicted molar refractivity (Wildman–Crippen MR) is 64.2 cm³/mol. The van der Waals surface area contributed by atoms with Gasteiger partial charge in [-0.1, -0.05) is 0 Å². The summed E-state index contributed by atoms with van der Waals surface area (Å²) in [5, 5.41) is 12.9. The first-order valence-corrected chi connectivity index (χ1v) is 5.98. The summed E-state index contributed by atoms with van der Waals surface area (Å²) in [5.74, 6) is -0.759. The zero-order chi connectivity index (χ0) is 13.3. The van der Waals surface area contributed by atoms with Gasteiger partial charge in [-0.05, 0) is 25.7 Å². The van der Waals surface area contributed by atoms with E-state index >= 15 is 0 Å². The second-order valence-electron chi connectivity index (χ2n) is 4.79. The van der Waals surface area contributed by atoms with Crippen molar-refractivity contribution in [3.05, 3.63) is 17.5 Å². The summed E-state index contributed by atoms with van der Waals surface area (Å²) in [7, 11) is 1.76. The van der Waals surface area contributed by atoms with Crippen LogP contribution in [0.15, 0.2) is 6.20 Å². The highest BCUT2D eigenvalue weighted by Crippen LogP contribution is 2.30. The van der Waals surface area contributed by atoms with Gasteiger partial charge in [0.25, 0.3) is 5.91 Å².